The van der Waals surface area contributed by atoms with Crippen molar-refractivity contribution in [1.82, 2.24) is 0 Å². The summed E-state index contributed by atoms with van der Waals surface area (Å²) < 4.78 is 0. The first kappa shape index (κ1) is 12.1. The number of fused-ring (bicyclic) bond motifs is 1. The summed E-state index contributed by atoms with van der Waals surface area (Å²) in [6.45, 7) is 0. The number of phenolic OH excluding ortho intramolecular Hbond substituents is 2. The van der Waals surface area contributed by atoms with Gasteiger partial charge in [0.25, 0.3) is 0 Å². The van der Waals surface area contributed by atoms with E-state index in [0.29, 0.717) is 10.8 Å². The molecule has 0 aromatic heterocycles. The van der Waals surface area contributed by atoms with Gasteiger partial charge in [-0.2, -0.15) is 0 Å². The van der Waals surface area contributed by atoms with E-state index in [1.807, 2.05) is 18.2 Å². The van der Waals surface area contributed by atoms with Crippen LogP contribution in [0.15, 0.2) is 36.4 Å². The van der Waals surface area contributed by atoms with Gasteiger partial charge >= 0.3 is 0 Å². The van der Waals surface area contributed by atoms with Gasteiger partial charge in [0.15, 0.2) is 0 Å². The van der Waals surface area contributed by atoms with Gasteiger partial charge in [-0.25, -0.2) is 0 Å². The molecular formula is C16H13ClO2. The van der Waals surface area contributed by atoms with Crippen LogP contribution >= 0.6 is 11.6 Å². The molecule has 0 amide bonds. The number of allylic oxidation sites excluding steroid dienone is 1. The van der Waals surface area contributed by atoms with Gasteiger partial charge in [-0.15, -0.1) is 0 Å². The predicted molar refractivity (Wildman–Crippen MR) is 77.4 cm³/mol. The van der Waals surface area contributed by atoms with E-state index in [4.69, 9.17) is 11.6 Å². The Morgan fingerprint density at radius 2 is 1.79 bits per heavy atom. The molecule has 96 valence electrons. The molecule has 0 spiro atoms. The molecule has 0 bridgehead atoms. The van der Waals surface area contributed by atoms with Crippen LogP contribution in [0.3, 0.4) is 0 Å². The molecule has 0 fully saturated rings. The largest absolute Gasteiger partial charge is 0.508 e. The molecule has 1 aliphatic rings. The minimum atomic E-state index is 0.108. The van der Waals surface area contributed by atoms with E-state index in [1.165, 1.54) is 5.57 Å². The third kappa shape index (κ3) is 2.32. The zero-order valence-corrected chi connectivity index (χ0v) is 11.0. The van der Waals surface area contributed by atoms with E-state index in [2.05, 4.69) is 6.08 Å². The Labute approximate surface area is 116 Å². The molecule has 0 heterocycles. The van der Waals surface area contributed by atoms with Crippen molar-refractivity contribution < 1.29 is 10.2 Å². The van der Waals surface area contributed by atoms with Crippen LogP contribution in [0.25, 0.3) is 11.6 Å². The van der Waals surface area contributed by atoms with Crippen molar-refractivity contribution in [3.05, 3.63) is 58.1 Å². The Kier molecular flexibility index (Phi) is 2.96. The monoisotopic (exact) mass is 272 g/mol. The lowest BCUT2D eigenvalue weighted by molar-refractivity contribution is 0.474. The first-order valence-corrected chi connectivity index (χ1v) is 6.52. The molecule has 2 aromatic rings. The fraction of sp³-hybridized carbons (Fsp3) is 0.125. The maximum atomic E-state index is 9.67. The Morgan fingerprint density at radius 3 is 2.58 bits per heavy atom. The molecule has 0 atom stereocenters. The third-order valence-electron chi connectivity index (χ3n) is 3.44. The summed E-state index contributed by atoms with van der Waals surface area (Å²) in [5, 5.41) is 19.5. The van der Waals surface area contributed by atoms with E-state index < -0.39 is 0 Å². The van der Waals surface area contributed by atoms with Crippen molar-refractivity contribution in [2.24, 2.45) is 0 Å². The van der Waals surface area contributed by atoms with Gasteiger partial charge in [0.2, 0.25) is 0 Å². The molecule has 0 radical (unpaired) electrons. The molecule has 2 nitrogen and oxygen atoms in total. The van der Waals surface area contributed by atoms with E-state index in [1.54, 1.807) is 18.2 Å². The van der Waals surface area contributed by atoms with Gasteiger partial charge < -0.3 is 10.2 Å². The number of hydrogen-bond acceptors (Lipinski definition) is 2. The van der Waals surface area contributed by atoms with Crippen LogP contribution in [0.2, 0.25) is 5.02 Å². The lowest BCUT2D eigenvalue weighted by Gasteiger charge is -2.17. The van der Waals surface area contributed by atoms with Crippen molar-refractivity contribution in [1.29, 1.82) is 0 Å². The minimum absolute atomic E-state index is 0.108. The number of aryl methyl sites for hydroxylation is 1. The molecule has 1 aliphatic carbocycles. The van der Waals surface area contributed by atoms with Crippen molar-refractivity contribution in [2.75, 3.05) is 0 Å². The maximum Gasteiger partial charge on any atom is 0.134 e. The highest BCUT2D eigenvalue weighted by Gasteiger charge is 2.13. The van der Waals surface area contributed by atoms with E-state index in [-0.39, 0.29) is 5.75 Å². The summed E-state index contributed by atoms with van der Waals surface area (Å²) in [7, 11) is 0. The molecule has 0 saturated carbocycles. The first-order chi connectivity index (χ1) is 9.13. The summed E-state index contributed by atoms with van der Waals surface area (Å²) >= 11 is 5.82. The standard InChI is InChI=1S/C16H13ClO2/c17-15-6-4-13(9-16(15)19)10-1-2-12-8-14(18)5-3-11(12)7-10/h3-9,18-19H,1-2H2. The second-order valence-corrected chi connectivity index (χ2v) is 5.13. The van der Waals surface area contributed by atoms with E-state index in [0.717, 1.165) is 29.5 Å². The van der Waals surface area contributed by atoms with Gasteiger partial charge in [-0.05, 0) is 59.4 Å². The second kappa shape index (κ2) is 4.63. The number of hydrogen-bond donors (Lipinski definition) is 2. The van der Waals surface area contributed by atoms with E-state index in [9.17, 15) is 10.2 Å². The Hall–Kier alpha value is -1.93. The van der Waals surface area contributed by atoms with Crippen LogP contribution in [0.5, 0.6) is 11.5 Å². The summed E-state index contributed by atoms with van der Waals surface area (Å²) in [6, 6.07) is 10.7. The van der Waals surface area contributed by atoms with Gasteiger partial charge in [-0.1, -0.05) is 29.8 Å². The van der Waals surface area contributed by atoms with Crippen LogP contribution in [0, 0.1) is 0 Å². The topological polar surface area (TPSA) is 40.5 Å². The molecular weight excluding hydrogens is 260 g/mol. The number of halogens is 1. The number of benzene rings is 2. The minimum Gasteiger partial charge on any atom is -0.508 e. The maximum absolute atomic E-state index is 9.67. The SMILES string of the molecule is Oc1ccc2c(c1)CCC(c1ccc(Cl)c(O)c1)=C2. The van der Waals surface area contributed by atoms with E-state index >= 15 is 0 Å². The van der Waals surface area contributed by atoms with Crippen molar-refractivity contribution in [2.45, 2.75) is 12.8 Å². The zero-order chi connectivity index (χ0) is 13.4. The highest BCUT2D eigenvalue weighted by Crippen LogP contribution is 2.34. The Balaban J connectivity index is 2.03. The summed E-state index contributed by atoms with van der Waals surface area (Å²) in [5.74, 6) is 0.413. The second-order valence-electron chi connectivity index (χ2n) is 4.72. The Morgan fingerprint density at radius 1 is 0.947 bits per heavy atom. The molecule has 0 saturated heterocycles. The highest BCUT2D eigenvalue weighted by molar-refractivity contribution is 6.32. The molecule has 0 unspecified atom stereocenters. The average molecular weight is 273 g/mol. The molecule has 2 aromatic carbocycles. The fourth-order valence-electron chi connectivity index (χ4n) is 2.42. The fourth-order valence-corrected chi connectivity index (χ4v) is 2.54. The number of rotatable bonds is 1. The quantitative estimate of drug-likeness (QED) is 0.815. The van der Waals surface area contributed by atoms with Crippen LogP contribution < -0.4 is 0 Å². The average Bonchev–Trinajstić information content (AvgIpc) is 2.41. The van der Waals surface area contributed by atoms with Crippen molar-refractivity contribution >= 4 is 23.3 Å². The van der Waals surface area contributed by atoms with Crippen LogP contribution in [0.4, 0.5) is 0 Å². The summed E-state index contributed by atoms with van der Waals surface area (Å²) in [6.07, 6.45) is 3.87. The van der Waals surface area contributed by atoms with Gasteiger partial charge in [-0.3, -0.25) is 0 Å². The van der Waals surface area contributed by atoms with Gasteiger partial charge in [0.1, 0.15) is 11.5 Å². The normalized spacial score (nSPS) is 13.8. The molecule has 0 aliphatic heterocycles. The first-order valence-electron chi connectivity index (χ1n) is 6.15. The third-order valence-corrected chi connectivity index (χ3v) is 3.76. The Bertz CT molecular complexity index is 674. The van der Waals surface area contributed by atoms with Crippen LogP contribution in [-0.2, 0) is 6.42 Å². The van der Waals surface area contributed by atoms with Crippen molar-refractivity contribution in [3.63, 3.8) is 0 Å². The van der Waals surface area contributed by atoms with Crippen LogP contribution in [0.1, 0.15) is 23.1 Å². The summed E-state index contributed by atoms with van der Waals surface area (Å²) in [5.41, 5.74) is 4.43. The zero-order valence-electron chi connectivity index (χ0n) is 10.2. The number of aromatic hydroxyl groups is 2. The smallest absolute Gasteiger partial charge is 0.134 e. The number of phenols is 2. The lowest BCUT2D eigenvalue weighted by atomic mass is 9.88. The molecule has 19 heavy (non-hydrogen) atoms. The van der Waals surface area contributed by atoms with Gasteiger partial charge in [0, 0.05) is 0 Å². The van der Waals surface area contributed by atoms with Crippen LogP contribution in [-0.4, -0.2) is 10.2 Å². The summed E-state index contributed by atoms with van der Waals surface area (Å²) in [4.78, 5) is 0. The molecule has 3 heteroatoms. The molecule has 3 rings (SSSR count). The molecule has 2 N–H and O–H groups in total. The van der Waals surface area contributed by atoms with Gasteiger partial charge in [0.05, 0.1) is 5.02 Å². The predicted octanol–water partition coefficient (Wildman–Crippen LogP) is 4.24. The van der Waals surface area contributed by atoms with Crippen molar-refractivity contribution in [3.8, 4) is 11.5 Å². The lowest BCUT2D eigenvalue weighted by Crippen LogP contribution is -1.98. The highest BCUT2D eigenvalue weighted by atomic mass is 35.5.